The maximum atomic E-state index is 11.8. The molecular weight excluding hydrogens is 262 g/mol. The average molecular weight is 283 g/mol. The Balaban J connectivity index is 1.69. The summed E-state index contributed by atoms with van der Waals surface area (Å²) in [6.07, 6.45) is 0. The van der Waals surface area contributed by atoms with Crippen molar-refractivity contribution in [2.45, 2.75) is 6.54 Å². The number of hydrogen-bond acceptors (Lipinski definition) is 6. The fourth-order valence-corrected chi connectivity index (χ4v) is 2.65. The second-order valence-corrected chi connectivity index (χ2v) is 5.67. The van der Waals surface area contributed by atoms with Crippen LogP contribution in [-0.4, -0.2) is 67.0 Å². The van der Waals surface area contributed by atoms with Gasteiger partial charge in [-0.3, -0.25) is 9.69 Å². The van der Waals surface area contributed by atoms with Crippen molar-refractivity contribution in [1.29, 1.82) is 0 Å². The van der Waals surface area contributed by atoms with E-state index in [0.717, 1.165) is 37.7 Å². The third-order valence-corrected chi connectivity index (χ3v) is 4.14. The number of likely N-dealkylation sites (N-methyl/N-ethyl adjacent to an activating group) is 1. The van der Waals surface area contributed by atoms with E-state index in [2.05, 4.69) is 27.1 Å². The lowest BCUT2D eigenvalue weighted by molar-refractivity contribution is 0.0936. The molecular formula is C12H21N5OS. The summed E-state index contributed by atoms with van der Waals surface area (Å²) >= 11 is 1.43. The van der Waals surface area contributed by atoms with Gasteiger partial charge in [0.05, 0.1) is 0 Å². The number of hydrogen-bond donors (Lipinski definition) is 2. The molecule has 2 heterocycles. The van der Waals surface area contributed by atoms with E-state index < -0.39 is 0 Å². The smallest absolute Gasteiger partial charge is 0.270 e. The highest BCUT2D eigenvalue weighted by Gasteiger charge is 2.14. The summed E-state index contributed by atoms with van der Waals surface area (Å²) in [7, 11) is 2.14. The molecule has 1 aliphatic heterocycles. The van der Waals surface area contributed by atoms with Gasteiger partial charge in [-0.05, 0) is 7.05 Å². The van der Waals surface area contributed by atoms with Gasteiger partial charge in [-0.25, -0.2) is 4.98 Å². The number of aromatic nitrogens is 1. The zero-order valence-corrected chi connectivity index (χ0v) is 12.1. The largest absolute Gasteiger partial charge is 0.349 e. The summed E-state index contributed by atoms with van der Waals surface area (Å²) in [4.78, 5) is 20.7. The molecule has 0 aliphatic carbocycles. The van der Waals surface area contributed by atoms with E-state index in [-0.39, 0.29) is 5.91 Å². The standard InChI is InChI=1S/C12H21N5OS/c1-16-4-6-17(7-5-16)3-2-14-12(18)10-9-19-11(8-13)15-10/h9H,2-8,13H2,1H3,(H,14,18). The second kappa shape index (κ2) is 6.95. The van der Waals surface area contributed by atoms with E-state index in [1.807, 2.05) is 0 Å². The normalized spacial score (nSPS) is 17.6. The van der Waals surface area contributed by atoms with Crippen molar-refractivity contribution in [3.8, 4) is 0 Å². The van der Waals surface area contributed by atoms with E-state index in [1.165, 1.54) is 11.3 Å². The van der Waals surface area contributed by atoms with Gasteiger partial charge in [0.15, 0.2) is 0 Å². The Labute approximate surface area is 117 Å². The molecule has 1 amide bonds. The number of nitrogens with zero attached hydrogens (tertiary/aromatic N) is 3. The Bertz CT molecular complexity index is 414. The summed E-state index contributed by atoms with van der Waals surface area (Å²) in [5, 5.41) is 5.46. The molecule has 1 fully saturated rings. The van der Waals surface area contributed by atoms with Crippen LogP contribution in [0, 0.1) is 0 Å². The predicted molar refractivity (Wildman–Crippen MR) is 76.3 cm³/mol. The molecule has 3 N–H and O–H groups in total. The van der Waals surface area contributed by atoms with E-state index in [4.69, 9.17) is 5.73 Å². The van der Waals surface area contributed by atoms with Gasteiger partial charge in [0, 0.05) is 51.2 Å². The van der Waals surface area contributed by atoms with Gasteiger partial charge in [-0.1, -0.05) is 0 Å². The van der Waals surface area contributed by atoms with Crippen LogP contribution in [0.1, 0.15) is 15.5 Å². The number of amides is 1. The van der Waals surface area contributed by atoms with Crippen LogP contribution in [0.25, 0.3) is 0 Å². The first-order chi connectivity index (χ1) is 9.19. The van der Waals surface area contributed by atoms with Gasteiger partial charge in [-0.2, -0.15) is 0 Å². The summed E-state index contributed by atoms with van der Waals surface area (Å²) in [6.45, 7) is 6.28. The van der Waals surface area contributed by atoms with E-state index in [0.29, 0.717) is 18.8 Å². The average Bonchev–Trinajstić information content (AvgIpc) is 2.90. The molecule has 0 radical (unpaired) electrons. The lowest BCUT2D eigenvalue weighted by atomic mass is 10.3. The highest BCUT2D eigenvalue weighted by atomic mass is 32.1. The van der Waals surface area contributed by atoms with Crippen molar-refractivity contribution in [1.82, 2.24) is 20.1 Å². The zero-order chi connectivity index (χ0) is 13.7. The highest BCUT2D eigenvalue weighted by molar-refractivity contribution is 7.09. The fourth-order valence-electron chi connectivity index (χ4n) is 2.00. The molecule has 0 aromatic carbocycles. The first kappa shape index (κ1) is 14.4. The Morgan fingerprint density at radius 3 is 2.84 bits per heavy atom. The van der Waals surface area contributed by atoms with Crippen molar-refractivity contribution < 1.29 is 4.79 Å². The van der Waals surface area contributed by atoms with E-state index >= 15 is 0 Å². The quantitative estimate of drug-likeness (QED) is 0.768. The van der Waals surface area contributed by atoms with Crippen LogP contribution in [0.15, 0.2) is 5.38 Å². The predicted octanol–water partition coefficient (Wildman–Crippen LogP) is -0.421. The number of carbonyl (C=O) groups is 1. The maximum absolute atomic E-state index is 11.8. The van der Waals surface area contributed by atoms with Crippen molar-refractivity contribution in [2.75, 3.05) is 46.3 Å². The minimum Gasteiger partial charge on any atom is -0.349 e. The van der Waals surface area contributed by atoms with Gasteiger partial charge < -0.3 is 16.0 Å². The minimum absolute atomic E-state index is 0.106. The van der Waals surface area contributed by atoms with Gasteiger partial charge in [0.1, 0.15) is 10.7 Å². The fraction of sp³-hybridized carbons (Fsp3) is 0.667. The van der Waals surface area contributed by atoms with Crippen LogP contribution in [0.5, 0.6) is 0 Å². The van der Waals surface area contributed by atoms with Gasteiger partial charge in [-0.15, -0.1) is 11.3 Å². The molecule has 6 nitrogen and oxygen atoms in total. The number of carbonyl (C=O) groups excluding carboxylic acids is 1. The van der Waals surface area contributed by atoms with Crippen LogP contribution >= 0.6 is 11.3 Å². The van der Waals surface area contributed by atoms with Crippen LogP contribution in [0.4, 0.5) is 0 Å². The summed E-state index contributed by atoms with van der Waals surface area (Å²) in [5.74, 6) is -0.106. The highest BCUT2D eigenvalue weighted by Crippen LogP contribution is 2.08. The molecule has 0 unspecified atom stereocenters. The maximum Gasteiger partial charge on any atom is 0.270 e. The molecule has 7 heteroatoms. The number of piperazine rings is 1. The number of nitrogens with one attached hydrogen (secondary N) is 1. The number of rotatable bonds is 5. The van der Waals surface area contributed by atoms with Crippen LogP contribution in [0.3, 0.4) is 0 Å². The Morgan fingerprint density at radius 1 is 1.47 bits per heavy atom. The third kappa shape index (κ3) is 4.24. The molecule has 1 saturated heterocycles. The van der Waals surface area contributed by atoms with Crippen LogP contribution < -0.4 is 11.1 Å². The molecule has 1 aliphatic rings. The lowest BCUT2D eigenvalue weighted by Gasteiger charge is -2.32. The lowest BCUT2D eigenvalue weighted by Crippen LogP contribution is -2.46. The molecule has 1 aromatic rings. The first-order valence-electron chi connectivity index (χ1n) is 6.52. The molecule has 0 saturated carbocycles. The number of nitrogens with two attached hydrogens (primary N) is 1. The molecule has 19 heavy (non-hydrogen) atoms. The van der Waals surface area contributed by atoms with Crippen molar-refractivity contribution in [2.24, 2.45) is 5.73 Å². The SMILES string of the molecule is CN1CCN(CCNC(=O)c2csc(CN)n2)CC1. The second-order valence-electron chi connectivity index (χ2n) is 4.73. The minimum atomic E-state index is -0.106. The van der Waals surface area contributed by atoms with Crippen LogP contribution in [-0.2, 0) is 6.54 Å². The monoisotopic (exact) mass is 283 g/mol. The topological polar surface area (TPSA) is 74.5 Å². The third-order valence-electron chi connectivity index (χ3n) is 3.27. The Kier molecular flexibility index (Phi) is 5.26. The van der Waals surface area contributed by atoms with Gasteiger partial charge in [0.2, 0.25) is 0 Å². The van der Waals surface area contributed by atoms with Crippen LogP contribution in [0.2, 0.25) is 0 Å². The van der Waals surface area contributed by atoms with Crippen molar-refractivity contribution in [3.63, 3.8) is 0 Å². The number of thiazole rings is 1. The van der Waals surface area contributed by atoms with E-state index in [9.17, 15) is 4.79 Å². The van der Waals surface area contributed by atoms with Gasteiger partial charge >= 0.3 is 0 Å². The molecule has 0 spiro atoms. The first-order valence-corrected chi connectivity index (χ1v) is 7.40. The summed E-state index contributed by atoms with van der Waals surface area (Å²) in [5.41, 5.74) is 5.95. The van der Waals surface area contributed by atoms with Crippen molar-refractivity contribution in [3.05, 3.63) is 16.1 Å². The zero-order valence-electron chi connectivity index (χ0n) is 11.3. The summed E-state index contributed by atoms with van der Waals surface area (Å²) in [6, 6.07) is 0. The molecule has 106 valence electrons. The Hall–Kier alpha value is -1.02. The summed E-state index contributed by atoms with van der Waals surface area (Å²) < 4.78 is 0. The molecule has 2 rings (SSSR count). The molecule has 0 atom stereocenters. The van der Waals surface area contributed by atoms with Gasteiger partial charge in [0.25, 0.3) is 5.91 Å². The Morgan fingerprint density at radius 2 is 2.21 bits per heavy atom. The molecule has 0 bridgehead atoms. The molecule has 1 aromatic heterocycles. The van der Waals surface area contributed by atoms with Crippen molar-refractivity contribution >= 4 is 17.2 Å². The van der Waals surface area contributed by atoms with E-state index in [1.54, 1.807) is 5.38 Å².